The highest BCUT2D eigenvalue weighted by molar-refractivity contribution is 7.07. The number of nitrogens with zero attached hydrogens (tertiary/aromatic N) is 2. The van der Waals surface area contributed by atoms with Crippen molar-refractivity contribution in [1.29, 1.82) is 0 Å². The van der Waals surface area contributed by atoms with Gasteiger partial charge in [-0.25, -0.2) is 4.98 Å². The molecule has 0 radical (unpaired) electrons. The molecule has 140 valence electrons. The number of piperidine rings is 1. The van der Waals surface area contributed by atoms with Crippen LogP contribution in [0.15, 0.2) is 35.2 Å². The van der Waals surface area contributed by atoms with Crippen molar-refractivity contribution in [3.63, 3.8) is 0 Å². The van der Waals surface area contributed by atoms with E-state index in [1.165, 1.54) is 43.4 Å². The molecule has 0 bridgehead atoms. The molecule has 0 unspecified atom stereocenters. The van der Waals surface area contributed by atoms with E-state index in [9.17, 15) is 0 Å². The molecule has 1 N–H and O–H groups in total. The monoisotopic (exact) mass is 371 g/mol. The first-order chi connectivity index (χ1) is 12.8. The van der Waals surface area contributed by atoms with Gasteiger partial charge in [0.25, 0.3) is 0 Å². The number of aromatic nitrogens is 1. The minimum absolute atomic E-state index is 0.649. The zero-order chi connectivity index (χ0) is 17.8. The molecule has 1 saturated heterocycles. The van der Waals surface area contributed by atoms with E-state index >= 15 is 0 Å². The van der Waals surface area contributed by atoms with Crippen molar-refractivity contribution >= 4 is 17.0 Å². The summed E-state index contributed by atoms with van der Waals surface area (Å²) in [4.78, 5) is 6.97. The first-order valence-electron chi connectivity index (χ1n) is 9.82. The smallest absolute Gasteiger partial charge is 0.0811 e. The number of ether oxygens (including phenoxy) is 1. The quantitative estimate of drug-likeness (QED) is 0.826. The first-order valence-corrected chi connectivity index (χ1v) is 10.8. The van der Waals surface area contributed by atoms with Gasteiger partial charge in [-0.2, -0.15) is 0 Å². The lowest BCUT2D eigenvalue weighted by Crippen LogP contribution is -2.47. The summed E-state index contributed by atoms with van der Waals surface area (Å²) < 4.78 is 5.41. The maximum absolute atomic E-state index is 5.41. The molecule has 2 aromatic rings. The average Bonchev–Trinajstić information content (AvgIpc) is 3.36. The molecule has 4 rings (SSSR count). The van der Waals surface area contributed by atoms with Crippen LogP contribution in [0.4, 0.5) is 5.69 Å². The van der Waals surface area contributed by atoms with Gasteiger partial charge in [-0.3, -0.25) is 0 Å². The van der Waals surface area contributed by atoms with E-state index in [-0.39, 0.29) is 0 Å². The number of rotatable bonds is 6. The normalized spacial score (nSPS) is 24.3. The van der Waals surface area contributed by atoms with Gasteiger partial charge < -0.3 is 15.0 Å². The fraction of sp³-hybridized carbons (Fsp3) is 0.571. The lowest BCUT2D eigenvalue weighted by Gasteiger charge is -2.36. The maximum atomic E-state index is 5.41. The molecule has 1 aliphatic carbocycles. The van der Waals surface area contributed by atoms with Crippen LogP contribution in [0, 0.1) is 5.92 Å². The molecule has 0 spiro atoms. The topological polar surface area (TPSA) is 37.4 Å². The van der Waals surface area contributed by atoms with Crippen LogP contribution in [-0.2, 0) is 4.74 Å². The first kappa shape index (κ1) is 18.0. The molecular weight excluding hydrogens is 342 g/mol. The molecule has 2 fully saturated rings. The van der Waals surface area contributed by atoms with Gasteiger partial charge in [0.2, 0.25) is 0 Å². The summed E-state index contributed by atoms with van der Waals surface area (Å²) in [5, 5.41) is 6.06. The predicted molar refractivity (Wildman–Crippen MR) is 109 cm³/mol. The SMILES string of the molecule is COC[C@H]1CCC[C@H]1NC1CCN(c2cccc(-c3cscn3)c2)CC1. The fourth-order valence-electron chi connectivity index (χ4n) is 4.49. The molecule has 4 nitrogen and oxygen atoms in total. The summed E-state index contributed by atoms with van der Waals surface area (Å²) >= 11 is 1.65. The van der Waals surface area contributed by atoms with Crippen molar-refractivity contribution in [3.8, 4) is 11.3 Å². The summed E-state index contributed by atoms with van der Waals surface area (Å²) in [7, 11) is 1.83. The van der Waals surface area contributed by atoms with Crippen molar-refractivity contribution in [1.82, 2.24) is 10.3 Å². The largest absolute Gasteiger partial charge is 0.384 e. The second-order valence-electron chi connectivity index (χ2n) is 7.60. The van der Waals surface area contributed by atoms with Gasteiger partial charge in [-0.15, -0.1) is 11.3 Å². The van der Waals surface area contributed by atoms with Crippen LogP contribution in [0.2, 0.25) is 0 Å². The highest BCUT2D eigenvalue weighted by atomic mass is 32.1. The van der Waals surface area contributed by atoms with Gasteiger partial charge >= 0.3 is 0 Å². The molecule has 1 aromatic heterocycles. The molecule has 26 heavy (non-hydrogen) atoms. The fourth-order valence-corrected chi connectivity index (χ4v) is 5.06. The van der Waals surface area contributed by atoms with Crippen molar-refractivity contribution < 1.29 is 4.74 Å². The van der Waals surface area contributed by atoms with E-state index in [4.69, 9.17) is 4.74 Å². The highest BCUT2D eigenvalue weighted by Crippen LogP contribution is 2.29. The van der Waals surface area contributed by atoms with Gasteiger partial charge in [0.05, 0.1) is 17.8 Å². The van der Waals surface area contributed by atoms with Gasteiger partial charge in [-0.05, 0) is 43.7 Å². The second kappa shape index (κ2) is 8.51. The average molecular weight is 372 g/mol. The van der Waals surface area contributed by atoms with Crippen molar-refractivity contribution in [3.05, 3.63) is 35.2 Å². The van der Waals surface area contributed by atoms with E-state index < -0.39 is 0 Å². The Morgan fingerprint density at radius 2 is 2.12 bits per heavy atom. The number of anilines is 1. The molecule has 2 heterocycles. The Bertz CT molecular complexity index is 682. The molecule has 1 aliphatic heterocycles. The second-order valence-corrected chi connectivity index (χ2v) is 8.32. The molecule has 1 aromatic carbocycles. The minimum Gasteiger partial charge on any atom is -0.384 e. The molecular formula is C21H29N3OS. The van der Waals surface area contributed by atoms with Gasteiger partial charge in [0.1, 0.15) is 0 Å². The summed E-state index contributed by atoms with van der Waals surface area (Å²) in [6.45, 7) is 3.15. The van der Waals surface area contributed by atoms with E-state index in [2.05, 4.69) is 44.8 Å². The van der Waals surface area contributed by atoms with E-state index in [0.717, 1.165) is 25.4 Å². The lowest BCUT2D eigenvalue weighted by atomic mass is 9.99. The van der Waals surface area contributed by atoms with Crippen LogP contribution in [0.25, 0.3) is 11.3 Å². The molecule has 5 heteroatoms. The Hall–Kier alpha value is -1.43. The third-order valence-corrected chi connectivity index (χ3v) is 6.51. The number of thiazole rings is 1. The zero-order valence-electron chi connectivity index (χ0n) is 15.6. The summed E-state index contributed by atoms with van der Waals surface area (Å²) in [6.07, 6.45) is 6.40. The van der Waals surface area contributed by atoms with Crippen LogP contribution in [0.5, 0.6) is 0 Å². The Kier molecular flexibility index (Phi) is 5.88. The third-order valence-electron chi connectivity index (χ3n) is 5.92. The van der Waals surface area contributed by atoms with E-state index in [0.29, 0.717) is 18.0 Å². The van der Waals surface area contributed by atoms with Gasteiger partial charge in [0, 0.05) is 48.9 Å². The summed E-state index contributed by atoms with van der Waals surface area (Å²) in [5.41, 5.74) is 5.53. The van der Waals surface area contributed by atoms with Crippen LogP contribution in [0.3, 0.4) is 0 Å². The summed E-state index contributed by atoms with van der Waals surface area (Å²) in [6, 6.07) is 10.1. The maximum Gasteiger partial charge on any atom is 0.0811 e. The Balaban J connectivity index is 1.33. The number of hydrogen-bond acceptors (Lipinski definition) is 5. The van der Waals surface area contributed by atoms with Crippen LogP contribution < -0.4 is 10.2 Å². The summed E-state index contributed by atoms with van der Waals surface area (Å²) in [5.74, 6) is 0.702. The lowest BCUT2D eigenvalue weighted by molar-refractivity contribution is 0.136. The minimum atomic E-state index is 0.649. The van der Waals surface area contributed by atoms with Crippen LogP contribution in [-0.4, -0.2) is 43.9 Å². The molecule has 1 saturated carbocycles. The molecule has 2 atom stereocenters. The number of nitrogens with one attached hydrogen (secondary N) is 1. The van der Waals surface area contributed by atoms with E-state index in [1.807, 2.05) is 12.6 Å². The van der Waals surface area contributed by atoms with Crippen molar-refractivity contribution in [2.24, 2.45) is 5.92 Å². The number of hydrogen-bond donors (Lipinski definition) is 1. The number of benzene rings is 1. The van der Waals surface area contributed by atoms with E-state index in [1.54, 1.807) is 11.3 Å². The van der Waals surface area contributed by atoms with Crippen molar-refractivity contribution in [2.45, 2.75) is 44.2 Å². The van der Waals surface area contributed by atoms with Crippen LogP contribution in [0.1, 0.15) is 32.1 Å². The standard InChI is InChI=1S/C21H29N3OS/c1-25-13-17-5-3-7-20(17)23-18-8-10-24(11-9-18)19-6-2-4-16(12-19)21-14-26-15-22-21/h2,4,6,12,14-15,17-18,20,23H,3,5,7-11,13H2,1H3/t17-,20-/m1/s1. The Morgan fingerprint density at radius 3 is 2.88 bits per heavy atom. The van der Waals surface area contributed by atoms with Gasteiger partial charge in [-0.1, -0.05) is 18.6 Å². The van der Waals surface area contributed by atoms with Crippen LogP contribution >= 0.6 is 11.3 Å². The molecule has 2 aliphatic rings. The van der Waals surface area contributed by atoms with Crippen molar-refractivity contribution in [2.75, 3.05) is 31.7 Å². The Labute approximate surface area is 160 Å². The zero-order valence-corrected chi connectivity index (χ0v) is 16.4. The van der Waals surface area contributed by atoms with Gasteiger partial charge in [0.15, 0.2) is 0 Å². The highest BCUT2D eigenvalue weighted by Gasteiger charge is 2.30. The number of methoxy groups -OCH3 is 1. The Morgan fingerprint density at radius 1 is 1.23 bits per heavy atom. The third kappa shape index (κ3) is 4.11. The predicted octanol–water partition coefficient (Wildman–Crippen LogP) is 4.18. The molecule has 0 amide bonds.